The summed E-state index contributed by atoms with van der Waals surface area (Å²) >= 11 is 0. The fraction of sp³-hybridized carbons (Fsp3) is 0.200. The van der Waals surface area contributed by atoms with Crippen LogP contribution < -0.4 is 5.32 Å². The highest BCUT2D eigenvalue weighted by atomic mass is 16.5. The van der Waals surface area contributed by atoms with Crippen LogP contribution >= 0.6 is 0 Å². The summed E-state index contributed by atoms with van der Waals surface area (Å²) in [6.45, 7) is 0.826. The van der Waals surface area contributed by atoms with E-state index in [-0.39, 0.29) is 0 Å². The number of rotatable bonds is 0. The van der Waals surface area contributed by atoms with Gasteiger partial charge in [-0.1, -0.05) is 0 Å². The van der Waals surface area contributed by atoms with E-state index in [1.165, 1.54) is 0 Å². The SMILES string of the molecule is [C]1=CNCC=CO1. The molecule has 0 aliphatic carbocycles. The topological polar surface area (TPSA) is 21.3 Å². The van der Waals surface area contributed by atoms with Gasteiger partial charge in [-0.3, -0.25) is 0 Å². The lowest BCUT2D eigenvalue weighted by Gasteiger charge is -1.83. The van der Waals surface area contributed by atoms with Gasteiger partial charge in [-0.05, 0) is 6.08 Å². The largest absolute Gasteiger partial charge is 0.460 e. The molecular formula is C5H6NO. The normalized spacial score (nSPS) is 17.1. The van der Waals surface area contributed by atoms with Crippen molar-refractivity contribution in [2.75, 3.05) is 6.54 Å². The summed E-state index contributed by atoms with van der Waals surface area (Å²) in [4.78, 5) is 0. The Morgan fingerprint density at radius 3 is 3.71 bits per heavy atom. The fourth-order valence-corrected chi connectivity index (χ4v) is 0.338. The van der Waals surface area contributed by atoms with Crippen molar-refractivity contribution in [3.8, 4) is 0 Å². The molecule has 1 radical (unpaired) electrons. The quantitative estimate of drug-likeness (QED) is 0.471. The zero-order valence-electron chi connectivity index (χ0n) is 3.85. The molecule has 0 amide bonds. The van der Waals surface area contributed by atoms with Crippen molar-refractivity contribution < 1.29 is 4.74 Å². The first-order valence-corrected chi connectivity index (χ1v) is 2.11. The van der Waals surface area contributed by atoms with Crippen LogP contribution in [0.25, 0.3) is 0 Å². The summed E-state index contributed by atoms with van der Waals surface area (Å²) in [7, 11) is 0. The summed E-state index contributed by atoms with van der Waals surface area (Å²) in [6, 6.07) is 0. The number of hydrogen-bond donors (Lipinski definition) is 1. The second-order valence-electron chi connectivity index (χ2n) is 1.16. The summed E-state index contributed by atoms with van der Waals surface area (Å²) < 4.78 is 4.65. The van der Waals surface area contributed by atoms with Crippen LogP contribution in [0.15, 0.2) is 18.5 Å². The Hall–Kier alpha value is -0.920. The predicted molar refractivity (Wildman–Crippen MR) is 26.0 cm³/mol. The smallest absolute Gasteiger partial charge is 0.186 e. The first kappa shape index (κ1) is 4.24. The summed E-state index contributed by atoms with van der Waals surface area (Å²) in [6.07, 6.45) is 7.63. The van der Waals surface area contributed by atoms with Gasteiger partial charge in [0.1, 0.15) is 0 Å². The van der Waals surface area contributed by atoms with E-state index < -0.39 is 0 Å². The molecule has 0 unspecified atom stereocenters. The molecule has 0 aromatic heterocycles. The van der Waals surface area contributed by atoms with Crippen LogP contribution in [0, 0.1) is 6.26 Å². The van der Waals surface area contributed by atoms with E-state index in [2.05, 4.69) is 16.3 Å². The molecule has 1 N–H and O–H groups in total. The molecule has 1 rings (SSSR count). The molecule has 0 saturated carbocycles. The third-order valence-electron chi connectivity index (χ3n) is 0.629. The maximum absolute atomic E-state index is 4.65. The van der Waals surface area contributed by atoms with E-state index in [4.69, 9.17) is 0 Å². The maximum atomic E-state index is 4.65. The highest BCUT2D eigenvalue weighted by molar-refractivity contribution is 4.83. The van der Waals surface area contributed by atoms with Gasteiger partial charge in [-0.15, -0.1) is 0 Å². The molecule has 2 nitrogen and oxygen atoms in total. The fourth-order valence-electron chi connectivity index (χ4n) is 0.338. The third-order valence-corrected chi connectivity index (χ3v) is 0.629. The number of nitrogens with one attached hydrogen (secondary N) is 1. The molecule has 0 fully saturated rings. The van der Waals surface area contributed by atoms with Crippen LogP contribution in [0.1, 0.15) is 0 Å². The van der Waals surface area contributed by atoms with Crippen molar-refractivity contribution >= 4 is 0 Å². The summed E-state index contributed by atoms with van der Waals surface area (Å²) in [5.41, 5.74) is 0. The zero-order valence-corrected chi connectivity index (χ0v) is 3.85. The van der Waals surface area contributed by atoms with E-state index in [1.807, 2.05) is 6.08 Å². The van der Waals surface area contributed by atoms with Crippen LogP contribution in [-0.2, 0) is 4.74 Å². The van der Waals surface area contributed by atoms with Gasteiger partial charge in [0.05, 0.1) is 6.26 Å². The van der Waals surface area contributed by atoms with Crippen LogP contribution in [0.2, 0.25) is 0 Å². The van der Waals surface area contributed by atoms with Crippen molar-refractivity contribution in [3.63, 3.8) is 0 Å². The van der Waals surface area contributed by atoms with E-state index >= 15 is 0 Å². The first-order valence-electron chi connectivity index (χ1n) is 2.11. The van der Waals surface area contributed by atoms with E-state index in [0.717, 1.165) is 6.54 Å². The Labute approximate surface area is 42.5 Å². The lowest BCUT2D eigenvalue weighted by atomic mass is 10.6. The van der Waals surface area contributed by atoms with Crippen molar-refractivity contribution in [1.29, 1.82) is 0 Å². The molecule has 0 saturated heterocycles. The van der Waals surface area contributed by atoms with Crippen LogP contribution in [-0.4, -0.2) is 6.54 Å². The van der Waals surface area contributed by atoms with Crippen molar-refractivity contribution in [2.24, 2.45) is 0 Å². The summed E-state index contributed by atoms with van der Waals surface area (Å²) in [5.74, 6) is 0. The first-order chi connectivity index (χ1) is 3.50. The molecule has 1 aliphatic rings. The molecule has 1 heterocycles. The van der Waals surface area contributed by atoms with Gasteiger partial charge in [0, 0.05) is 12.7 Å². The van der Waals surface area contributed by atoms with Gasteiger partial charge < -0.3 is 10.1 Å². The number of hydrogen-bond acceptors (Lipinski definition) is 2. The minimum atomic E-state index is 0.826. The predicted octanol–water partition coefficient (Wildman–Crippen LogP) is 0.394. The van der Waals surface area contributed by atoms with E-state index in [0.29, 0.717) is 0 Å². The average molecular weight is 96.1 g/mol. The summed E-state index contributed by atoms with van der Waals surface area (Å²) in [5, 5.41) is 2.90. The Kier molecular flexibility index (Phi) is 1.39. The van der Waals surface area contributed by atoms with Crippen molar-refractivity contribution in [2.45, 2.75) is 0 Å². The minimum absolute atomic E-state index is 0.826. The van der Waals surface area contributed by atoms with Gasteiger partial charge in [-0.25, -0.2) is 0 Å². The Morgan fingerprint density at radius 1 is 1.71 bits per heavy atom. The molecular weight excluding hydrogens is 90.1 g/mol. The van der Waals surface area contributed by atoms with Crippen molar-refractivity contribution in [3.05, 3.63) is 24.8 Å². The molecule has 2 heteroatoms. The Bertz CT molecular complexity index is 84.3. The number of ether oxygens (including phenoxy) is 1. The Morgan fingerprint density at radius 2 is 2.71 bits per heavy atom. The van der Waals surface area contributed by atoms with Gasteiger partial charge in [0.2, 0.25) is 0 Å². The molecule has 1 aliphatic heterocycles. The Balaban J connectivity index is 2.38. The zero-order chi connectivity index (χ0) is 4.95. The van der Waals surface area contributed by atoms with Gasteiger partial charge in [0.15, 0.2) is 6.26 Å². The molecule has 37 valence electrons. The molecule has 0 atom stereocenters. The van der Waals surface area contributed by atoms with Gasteiger partial charge in [0.25, 0.3) is 0 Å². The van der Waals surface area contributed by atoms with Crippen LogP contribution in [0.4, 0.5) is 0 Å². The molecule has 0 aromatic carbocycles. The van der Waals surface area contributed by atoms with E-state index in [9.17, 15) is 0 Å². The van der Waals surface area contributed by atoms with E-state index in [1.54, 1.807) is 12.5 Å². The molecule has 0 bridgehead atoms. The van der Waals surface area contributed by atoms with Gasteiger partial charge in [-0.2, -0.15) is 0 Å². The maximum Gasteiger partial charge on any atom is 0.186 e. The molecule has 0 aromatic rings. The molecule has 7 heavy (non-hydrogen) atoms. The third kappa shape index (κ3) is 1.30. The molecule has 0 spiro atoms. The van der Waals surface area contributed by atoms with Crippen LogP contribution in [0.3, 0.4) is 0 Å². The lowest BCUT2D eigenvalue weighted by molar-refractivity contribution is 0.375. The monoisotopic (exact) mass is 96.0 g/mol. The average Bonchev–Trinajstić information content (AvgIpc) is 1.90. The highest BCUT2D eigenvalue weighted by Gasteiger charge is 1.77. The lowest BCUT2D eigenvalue weighted by Crippen LogP contribution is -2.01. The van der Waals surface area contributed by atoms with Crippen molar-refractivity contribution in [1.82, 2.24) is 5.32 Å². The minimum Gasteiger partial charge on any atom is -0.460 e. The van der Waals surface area contributed by atoms with Crippen LogP contribution in [0.5, 0.6) is 0 Å². The second-order valence-corrected chi connectivity index (χ2v) is 1.16. The van der Waals surface area contributed by atoms with Gasteiger partial charge >= 0.3 is 0 Å². The second kappa shape index (κ2) is 2.29. The standard InChI is InChI=1S/C5H6NO/c1-2-6-3-5-7-4-1/h1,3-4,6H,2H2. The highest BCUT2D eigenvalue weighted by Crippen LogP contribution is 1.80.